The lowest BCUT2D eigenvalue weighted by Crippen LogP contribution is -2.28. The molecule has 0 aliphatic carbocycles. The van der Waals surface area contributed by atoms with Crippen LogP contribution in [-0.4, -0.2) is 56.5 Å². The SMILES string of the molecule is CS(=O)(=O)CCN1CCC(CNc2ccc(C#N)cn2)C1. The smallest absolute Gasteiger partial charge is 0.148 e. The minimum atomic E-state index is -2.88. The van der Waals surface area contributed by atoms with Crippen LogP contribution in [0.15, 0.2) is 18.3 Å². The van der Waals surface area contributed by atoms with Crippen LogP contribution >= 0.6 is 0 Å². The minimum absolute atomic E-state index is 0.227. The van der Waals surface area contributed by atoms with Gasteiger partial charge in [0.25, 0.3) is 0 Å². The van der Waals surface area contributed by atoms with Gasteiger partial charge in [-0.05, 0) is 31.0 Å². The number of hydrogen-bond donors (Lipinski definition) is 1. The second-order valence-corrected chi connectivity index (χ2v) is 7.77. The first-order valence-electron chi connectivity index (χ1n) is 6.96. The zero-order chi connectivity index (χ0) is 15.3. The molecular weight excluding hydrogens is 288 g/mol. The van der Waals surface area contributed by atoms with Crippen LogP contribution in [0, 0.1) is 17.2 Å². The van der Waals surface area contributed by atoms with Gasteiger partial charge >= 0.3 is 0 Å². The summed E-state index contributed by atoms with van der Waals surface area (Å²) in [5.74, 6) is 1.50. The molecule has 0 spiro atoms. The molecule has 1 atom stereocenters. The van der Waals surface area contributed by atoms with Gasteiger partial charge in [-0.15, -0.1) is 0 Å². The van der Waals surface area contributed by atoms with Crippen molar-refractivity contribution in [2.45, 2.75) is 6.42 Å². The predicted molar refractivity (Wildman–Crippen MR) is 81.7 cm³/mol. The van der Waals surface area contributed by atoms with E-state index in [1.807, 2.05) is 6.07 Å². The van der Waals surface area contributed by atoms with Crippen LogP contribution < -0.4 is 5.32 Å². The summed E-state index contributed by atoms with van der Waals surface area (Å²) in [6.45, 7) is 3.29. The molecule has 21 heavy (non-hydrogen) atoms. The van der Waals surface area contributed by atoms with Crippen molar-refractivity contribution in [1.82, 2.24) is 9.88 Å². The van der Waals surface area contributed by atoms with Gasteiger partial charge < -0.3 is 10.2 Å². The van der Waals surface area contributed by atoms with E-state index in [1.165, 1.54) is 6.26 Å². The molecular formula is C14H20N4O2S. The molecule has 114 valence electrons. The van der Waals surface area contributed by atoms with Gasteiger partial charge in [-0.3, -0.25) is 0 Å². The highest BCUT2D eigenvalue weighted by Crippen LogP contribution is 2.16. The summed E-state index contributed by atoms with van der Waals surface area (Å²) >= 11 is 0. The van der Waals surface area contributed by atoms with Crippen molar-refractivity contribution >= 4 is 15.7 Å². The number of nitrogens with one attached hydrogen (secondary N) is 1. The van der Waals surface area contributed by atoms with Crippen LogP contribution in [-0.2, 0) is 9.84 Å². The zero-order valence-corrected chi connectivity index (χ0v) is 12.9. The highest BCUT2D eigenvalue weighted by Gasteiger charge is 2.22. The molecule has 1 fully saturated rings. The number of pyridine rings is 1. The molecule has 6 nitrogen and oxygen atoms in total. The molecule has 7 heteroatoms. The standard InChI is InChI=1S/C14H20N4O2S/c1-21(19,20)7-6-18-5-4-13(11-18)10-17-14-3-2-12(8-15)9-16-14/h2-3,9,13H,4-7,10-11H2,1H3,(H,16,17). The highest BCUT2D eigenvalue weighted by atomic mass is 32.2. The molecule has 0 saturated carbocycles. The first-order valence-corrected chi connectivity index (χ1v) is 9.02. The minimum Gasteiger partial charge on any atom is -0.370 e. The third-order valence-corrected chi connectivity index (χ3v) is 4.54. The van der Waals surface area contributed by atoms with E-state index in [2.05, 4.69) is 15.2 Å². The Morgan fingerprint density at radius 2 is 2.33 bits per heavy atom. The molecule has 1 aromatic heterocycles. The summed E-state index contributed by atoms with van der Waals surface area (Å²) in [7, 11) is -2.88. The van der Waals surface area contributed by atoms with Gasteiger partial charge in [0.05, 0.1) is 11.3 Å². The average Bonchev–Trinajstić information content (AvgIpc) is 2.91. The first-order chi connectivity index (χ1) is 9.96. The van der Waals surface area contributed by atoms with Crippen LogP contribution in [0.5, 0.6) is 0 Å². The quantitative estimate of drug-likeness (QED) is 0.834. The Labute approximate surface area is 125 Å². The number of likely N-dealkylation sites (tertiary alicyclic amines) is 1. The fourth-order valence-electron chi connectivity index (χ4n) is 2.39. The Kier molecular flexibility index (Phi) is 5.15. The van der Waals surface area contributed by atoms with Crippen LogP contribution in [0.2, 0.25) is 0 Å². The molecule has 1 aliphatic rings. The number of anilines is 1. The number of sulfone groups is 1. The second kappa shape index (κ2) is 6.87. The fourth-order valence-corrected chi connectivity index (χ4v) is 2.98. The molecule has 1 N–H and O–H groups in total. The van der Waals surface area contributed by atoms with Gasteiger partial charge in [0.1, 0.15) is 21.7 Å². The monoisotopic (exact) mass is 308 g/mol. The maximum absolute atomic E-state index is 11.2. The number of rotatable bonds is 6. The number of nitriles is 1. The Bertz CT molecular complexity index is 607. The molecule has 1 aromatic rings. The average molecular weight is 308 g/mol. The Balaban J connectivity index is 1.74. The number of aromatic nitrogens is 1. The Hall–Kier alpha value is -1.65. The molecule has 0 radical (unpaired) electrons. The van der Waals surface area contributed by atoms with Crippen molar-refractivity contribution in [1.29, 1.82) is 5.26 Å². The largest absolute Gasteiger partial charge is 0.370 e. The second-order valence-electron chi connectivity index (χ2n) is 5.51. The van der Waals surface area contributed by atoms with Crippen molar-refractivity contribution in [3.05, 3.63) is 23.9 Å². The maximum atomic E-state index is 11.2. The summed E-state index contributed by atoms with van der Waals surface area (Å²) in [6.07, 6.45) is 3.89. The molecule has 2 heterocycles. The zero-order valence-electron chi connectivity index (χ0n) is 12.1. The van der Waals surface area contributed by atoms with Crippen LogP contribution in [0.4, 0.5) is 5.82 Å². The Morgan fingerprint density at radius 3 is 2.95 bits per heavy atom. The van der Waals surface area contributed by atoms with E-state index in [-0.39, 0.29) is 5.75 Å². The normalized spacial score (nSPS) is 19.3. The Morgan fingerprint density at radius 1 is 1.52 bits per heavy atom. The van der Waals surface area contributed by atoms with Gasteiger partial charge in [-0.25, -0.2) is 13.4 Å². The summed E-state index contributed by atoms with van der Waals surface area (Å²) in [4.78, 5) is 6.37. The summed E-state index contributed by atoms with van der Waals surface area (Å²) < 4.78 is 22.3. The topological polar surface area (TPSA) is 86.1 Å². The van der Waals surface area contributed by atoms with Crippen molar-refractivity contribution in [2.24, 2.45) is 5.92 Å². The molecule has 1 aliphatic heterocycles. The van der Waals surface area contributed by atoms with E-state index < -0.39 is 9.84 Å². The summed E-state index contributed by atoms with van der Waals surface area (Å²) in [5.41, 5.74) is 0.549. The van der Waals surface area contributed by atoms with Crippen LogP contribution in [0.1, 0.15) is 12.0 Å². The van der Waals surface area contributed by atoms with E-state index >= 15 is 0 Å². The molecule has 0 bridgehead atoms. The molecule has 0 aromatic carbocycles. The van der Waals surface area contributed by atoms with Crippen LogP contribution in [0.3, 0.4) is 0 Å². The van der Waals surface area contributed by atoms with Gasteiger partial charge in [-0.2, -0.15) is 5.26 Å². The summed E-state index contributed by atoms with van der Waals surface area (Å²) in [5, 5.41) is 12.0. The van der Waals surface area contributed by atoms with Gasteiger partial charge in [0, 0.05) is 32.1 Å². The van der Waals surface area contributed by atoms with Gasteiger partial charge in [0.2, 0.25) is 0 Å². The number of nitrogens with zero attached hydrogens (tertiary/aromatic N) is 3. The molecule has 1 unspecified atom stereocenters. The lowest BCUT2D eigenvalue weighted by molar-refractivity contribution is 0.345. The number of hydrogen-bond acceptors (Lipinski definition) is 6. The molecule has 0 amide bonds. The highest BCUT2D eigenvalue weighted by molar-refractivity contribution is 7.90. The molecule has 1 saturated heterocycles. The lowest BCUT2D eigenvalue weighted by Gasteiger charge is -2.15. The van der Waals surface area contributed by atoms with E-state index in [1.54, 1.807) is 18.3 Å². The first kappa shape index (κ1) is 15.7. The van der Waals surface area contributed by atoms with E-state index in [9.17, 15) is 8.42 Å². The third-order valence-electron chi connectivity index (χ3n) is 3.61. The predicted octanol–water partition coefficient (Wildman–Crippen LogP) is 0.732. The summed E-state index contributed by atoms with van der Waals surface area (Å²) in [6, 6.07) is 5.58. The van der Waals surface area contributed by atoms with Crippen LogP contribution in [0.25, 0.3) is 0 Å². The van der Waals surface area contributed by atoms with E-state index in [0.717, 1.165) is 31.9 Å². The van der Waals surface area contributed by atoms with Crippen molar-refractivity contribution < 1.29 is 8.42 Å². The van der Waals surface area contributed by atoms with E-state index in [4.69, 9.17) is 5.26 Å². The third kappa shape index (κ3) is 5.33. The van der Waals surface area contributed by atoms with Crippen molar-refractivity contribution in [3.8, 4) is 6.07 Å². The van der Waals surface area contributed by atoms with Crippen molar-refractivity contribution in [3.63, 3.8) is 0 Å². The molecule has 2 rings (SSSR count). The van der Waals surface area contributed by atoms with Crippen molar-refractivity contribution in [2.75, 3.05) is 43.5 Å². The maximum Gasteiger partial charge on any atom is 0.148 e. The fraction of sp³-hybridized carbons (Fsp3) is 0.571. The lowest BCUT2D eigenvalue weighted by atomic mass is 10.1. The van der Waals surface area contributed by atoms with E-state index in [0.29, 0.717) is 18.0 Å². The van der Waals surface area contributed by atoms with Gasteiger partial charge in [-0.1, -0.05) is 0 Å². The van der Waals surface area contributed by atoms with Gasteiger partial charge in [0.15, 0.2) is 0 Å².